The van der Waals surface area contributed by atoms with Crippen LogP contribution in [0.25, 0.3) is 0 Å². The summed E-state index contributed by atoms with van der Waals surface area (Å²) >= 11 is 0. The molecule has 0 radical (unpaired) electrons. The lowest BCUT2D eigenvalue weighted by Crippen LogP contribution is -2.39. The van der Waals surface area contributed by atoms with E-state index in [1.165, 1.54) is 0 Å². The molecule has 1 aliphatic carbocycles. The van der Waals surface area contributed by atoms with E-state index in [-0.39, 0.29) is 17.7 Å². The Bertz CT molecular complexity index is 208. The average molecular weight is 201 g/mol. The Kier molecular flexibility index (Phi) is 2.77. The van der Waals surface area contributed by atoms with E-state index in [2.05, 4.69) is 0 Å². The van der Waals surface area contributed by atoms with Crippen molar-refractivity contribution >= 4 is 0 Å². The Morgan fingerprint density at radius 3 is 2.57 bits per heavy atom. The van der Waals surface area contributed by atoms with Gasteiger partial charge in [0, 0.05) is 26.2 Å². The molecule has 0 aromatic rings. The molecule has 2 fully saturated rings. The summed E-state index contributed by atoms with van der Waals surface area (Å²) in [5, 5.41) is 1.72. The highest BCUT2D eigenvalue weighted by atomic mass is 16.6. The Morgan fingerprint density at radius 1 is 1.43 bits per heavy atom. The van der Waals surface area contributed by atoms with Crippen molar-refractivity contribution in [1.29, 1.82) is 0 Å². The van der Waals surface area contributed by atoms with E-state index in [9.17, 15) is 0 Å². The second kappa shape index (κ2) is 3.75. The molecule has 1 saturated heterocycles. The maximum atomic E-state index is 5.96. The zero-order valence-corrected chi connectivity index (χ0v) is 8.61. The Balaban J connectivity index is 1.85. The molecule has 1 saturated carbocycles. The fraction of sp³-hybridized carbons (Fsp3) is 1.00. The van der Waals surface area contributed by atoms with Gasteiger partial charge in [-0.25, -0.2) is 5.01 Å². The van der Waals surface area contributed by atoms with Gasteiger partial charge in [-0.2, -0.15) is 0 Å². The summed E-state index contributed by atoms with van der Waals surface area (Å²) in [5.74, 6) is 5.67. The third kappa shape index (κ3) is 2.07. The first-order chi connectivity index (χ1) is 6.65. The van der Waals surface area contributed by atoms with E-state index >= 15 is 0 Å². The molecule has 1 heterocycles. The van der Waals surface area contributed by atoms with Crippen LogP contribution < -0.4 is 11.6 Å². The van der Waals surface area contributed by atoms with E-state index in [1.807, 2.05) is 0 Å². The van der Waals surface area contributed by atoms with Crippen molar-refractivity contribution < 1.29 is 9.47 Å². The van der Waals surface area contributed by atoms with Crippen molar-refractivity contribution in [3.63, 3.8) is 0 Å². The van der Waals surface area contributed by atoms with Crippen LogP contribution in [0.4, 0.5) is 0 Å². The molecule has 14 heavy (non-hydrogen) atoms. The first kappa shape index (κ1) is 10.3. The highest BCUT2D eigenvalue weighted by Crippen LogP contribution is 2.41. The lowest BCUT2D eigenvalue weighted by molar-refractivity contribution is -0.0656. The molecule has 0 spiro atoms. The van der Waals surface area contributed by atoms with E-state index < -0.39 is 0 Å². The molecule has 5 heteroatoms. The molecule has 82 valence electrons. The summed E-state index contributed by atoms with van der Waals surface area (Å²) < 4.78 is 11.1. The predicted octanol–water partition coefficient (Wildman–Crippen LogP) is -0.933. The van der Waals surface area contributed by atoms with Gasteiger partial charge in [0.25, 0.3) is 0 Å². The average Bonchev–Trinajstić information content (AvgIpc) is 2.77. The van der Waals surface area contributed by atoms with Gasteiger partial charge in [0.05, 0.1) is 18.3 Å². The molecule has 2 unspecified atom stereocenters. The minimum absolute atomic E-state index is 0.0364. The van der Waals surface area contributed by atoms with Crippen LogP contribution in [0.15, 0.2) is 0 Å². The number of nitrogens with two attached hydrogens (primary N) is 2. The van der Waals surface area contributed by atoms with Crippen LogP contribution in [-0.4, -0.2) is 49.6 Å². The standard InChI is InChI=1S/C9H19N3O2/c1-13-6-9(2-3-9)14-8-5-12(11)4-7(8)10/h7-8H,2-6,10-11H2,1H3. The molecule has 5 nitrogen and oxygen atoms in total. The summed E-state index contributed by atoms with van der Waals surface area (Å²) in [6, 6.07) is 0.0364. The molecule has 2 rings (SSSR count). The molecule has 0 aromatic heterocycles. The third-order valence-electron chi connectivity index (χ3n) is 2.95. The van der Waals surface area contributed by atoms with Gasteiger partial charge in [-0.1, -0.05) is 0 Å². The summed E-state index contributed by atoms with van der Waals surface area (Å²) in [4.78, 5) is 0. The summed E-state index contributed by atoms with van der Waals surface area (Å²) in [5.41, 5.74) is 5.86. The Morgan fingerprint density at radius 2 is 2.14 bits per heavy atom. The van der Waals surface area contributed by atoms with Crippen molar-refractivity contribution in [2.45, 2.75) is 30.6 Å². The van der Waals surface area contributed by atoms with Gasteiger partial charge in [-0.3, -0.25) is 5.84 Å². The van der Waals surface area contributed by atoms with Gasteiger partial charge in [-0.05, 0) is 12.8 Å². The van der Waals surface area contributed by atoms with Gasteiger partial charge in [0.2, 0.25) is 0 Å². The van der Waals surface area contributed by atoms with Crippen molar-refractivity contribution in [2.75, 3.05) is 26.8 Å². The second-order valence-corrected chi connectivity index (χ2v) is 4.39. The Hall–Kier alpha value is -0.200. The minimum atomic E-state index is -0.0534. The number of methoxy groups -OCH3 is 1. The SMILES string of the molecule is COCC1(OC2CN(N)CC2N)CC1. The number of nitrogens with zero attached hydrogens (tertiary/aromatic N) is 1. The minimum Gasteiger partial charge on any atom is -0.382 e. The molecular weight excluding hydrogens is 182 g/mol. The van der Waals surface area contributed by atoms with Gasteiger partial charge in [0.1, 0.15) is 0 Å². The summed E-state index contributed by atoms with van der Waals surface area (Å²) in [7, 11) is 1.70. The largest absolute Gasteiger partial charge is 0.382 e. The number of hydrogen-bond donors (Lipinski definition) is 2. The van der Waals surface area contributed by atoms with Crippen LogP contribution in [0.2, 0.25) is 0 Å². The maximum Gasteiger partial charge on any atom is 0.0922 e. The van der Waals surface area contributed by atoms with Crippen LogP contribution in [-0.2, 0) is 9.47 Å². The van der Waals surface area contributed by atoms with E-state index in [0.717, 1.165) is 19.4 Å². The fourth-order valence-corrected chi connectivity index (χ4v) is 1.97. The third-order valence-corrected chi connectivity index (χ3v) is 2.95. The lowest BCUT2D eigenvalue weighted by atomic mass is 10.2. The topological polar surface area (TPSA) is 73.7 Å². The first-order valence-electron chi connectivity index (χ1n) is 5.07. The number of hydrazine groups is 1. The molecule has 2 aliphatic rings. The van der Waals surface area contributed by atoms with E-state index in [1.54, 1.807) is 12.1 Å². The molecule has 2 atom stereocenters. The Labute approximate surface area is 84.3 Å². The number of rotatable bonds is 4. The van der Waals surface area contributed by atoms with Crippen molar-refractivity contribution in [3.8, 4) is 0 Å². The quantitative estimate of drug-likeness (QED) is 0.575. The van der Waals surface area contributed by atoms with Gasteiger partial charge in [0.15, 0.2) is 0 Å². The van der Waals surface area contributed by atoms with Crippen molar-refractivity contribution in [3.05, 3.63) is 0 Å². The normalized spacial score (nSPS) is 36.2. The molecular formula is C9H19N3O2. The van der Waals surface area contributed by atoms with Gasteiger partial charge >= 0.3 is 0 Å². The number of ether oxygens (including phenoxy) is 2. The zero-order chi connectivity index (χ0) is 10.2. The first-order valence-corrected chi connectivity index (χ1v) is 5.07. The van der Waals surface area contributed by atoms with Crippen LogP contribution in [0.5, 0.6) is 0 Å². The molecule has 0 bridgehead atoms. The van der Waals surface area contributed by atoms with Crippen LogP contribution >= 0.6 is 0 Å². The predicted molar refractivity (Wildman–Crippen MR) is 52.4 cm³/mol. The smallest absolute Gasteiger partial charge is 0.0922 e. The van der Waals surface area contributed by atoms with Crippen molar-refractivity contribution in [1.82, 2.24) is 5.01 Å². The molecule has 0 aromatic carbocycles. The monoisotopic (exact) mass is 201 g/mol. The molecule has 1 aliphatic heterocycles. The zero-order valence-electron chi connectivity index (χ0n) is 8.61. The van der Waals surface area contributed by atoms with Crippen LogP contribution in [0.1, 0.15) is 12.8 Å². The second-order valence-electron chi connectivity index (χ2n) is 4.39. The molecule has 4 N–H and O–H groups in total. The summed E-state index contributed by atoms with van der Waals surface area (Å²) in [6.45, 7) is 2.11. The van der Waals surface area contributed by atoms with E-state index in [4.69, 9.17) is 21.1 Å². The highest BCUT2D eigenvalue weighted by molar-refractivity contribution is 4.99. The summed E-state index contributed by atoms with van der Waals surface area (Å²) in [6.07, 6.45) is 2.22. The number of hydrogen-bond acceptors (Lipinski definition) is 5. The van der Waals surface area contributed by atoms with Crippen LogP contribution in [0.3, 0.4) is 0 Å². The van der Waals surface area contributed by atoms with Gasteiger partial charge in [-0.15, -0.1) is 0 Å². The highest BCUT2D eigenvalue weighted by Gasteiger charge is 2.48. The van der Waals surface area contributed by atoms with Crippen LogP contribution in [0, 0.1) is 0 Å². The lowest BCUT2D eigenvalue weighted by Gasteiger charge is -2.23. The van der Waals surface area contributed by atoms with E-state index in [0.29, 0.717) is 13.2 Å². The van der Waals surface area contributed by atoms with Gasteiger partial charge < -0.3 is 15.2 Å². The maximum absolute atomic E-state index is 5.96. The fourth-order valence-electron chi connectivity index (χ4n) is 1.97. The van der Waals surface area contributed by atoms with Crippen molar-refractivity contribution in [2.24, 2.45) is 11.6 Å². The molecule has 0 amide bonds.